The summed E-state index contributed by atoms with van der Waals surface area (Å²) in [5, 5.41) is 13.0. The number of hydrogen-bond donors (Lipinski definition) is 0. The van der Waals surface area contributed by atoms with E-state index in [9.17, 15) is 0 Å². The van der Waals surface area contributed by atoms with Crippen molar-refractivity contribution < 1.29 is 4.52 Å². The van der Waals surface area contributed by atoms with Gasteiger partial charge in [-0.2, -0.15) is 5.26 Å². The molecule has 0 aliphatic rings. The first-order valence-electron chi connectivity index (χ1n) is 7.28. The number of hydrogen-bond acceptors (Lipinski definition) is 3. The van der Waals surface area contributed by atoms with Gasteiger partial charge in [0.15, 0.2) is 0 Å². The monoisotopic (exact) mass is 298 g/mol. The van der Waals surface area contributed by atoms with E-state index in [4.69, 9.17) is 9.78 Å². The van der Waals surface area contributed by atoms with Crippen molar-refractivity contribution in [2.45, 2.75) is 13.3 Å². The van der Waals surface area contributed by atoms with Crippen molar-refractivity contribution in [2.75, 3.05) is 0 Å². The molecule has 0 radical (unpaired) electrons. The van der Waals surface area contributed by atoms with Crippen LogP contribution in [-0.4, -0.2) is 5.16 Å². The van der Waals surface area contributed by atoms with Gasteiger partial charge >= 0.3 is 0 Å². The van der Waals surface area contributed by atoms with Crippen molar-refractivity contribution >= 4 is 0 Å². The Bertz CT molecular complexity index is 922. The van der Waals surface area contributed by atoms with E-state index < -0.39 is 0 Å². The van der Waals surface area contributed by atoms with Crippen LogP contribution in [0.25, 0.3) is 11.3 Å². The fraction of sp³-hybridized carbons (Fsp3) is 0.100. The molecule has 0 saturated heterocycles. The minimum Gasteiger partial charge on any atom is -0.360 e. The summed E-state index contributed by atoms with van der Waals surface area (Å²) in [7, 11) is 0. The van der Waals surface area contributed by atoms with Crippen LogP contribution in [0.3, 0.4) is 0 Å². The largest absolute Gasteiger partial charge is 0.360 e. The van der Waals surface area contributed by atoms with E-state index in [0.717, 1.165) is 27.9 Å². The first-order valence-corrected chi connectivity index (χ1v) is 7.28. The van der Waals surface area contributed by atoms with E-state index in [1.54, 1.807) is 0 Å². The number of nitriles is 1. The zero-order valence-electron chi connectivity index (χ0n) is 12.7. The Morgan fingerprint density at radius 3 is 2.52 bits per heavy atom. The molecule has 0 saturated carbocycles. The molecule has 0 aliphatic heterocycles. The van der Waals surface area contributed by atoms with Gasteiger partial charge in [0.05, 0.1) is 18.1 Å². The van der Waals surface area contributed by atoms with Gasteiger partial charge in [0, 0.05) is 11.1 Å². The minimum atomic E-state index is 0.346. The third kappa shape index (κ3) is 3.15. The van der Waals surface area contributed by atoms with E-state index >= 15 is 0 Å². The lowest BCUT2D eigenvalue weighted by Gasteiger charge is -1.98. The first-order chi connectivity index (χ1) is 11.3. The Morgan fingerprint density at radius 2 is 1.74 bits per heavy atom. The lowest BCUT2D eigenvalue weighted by molar-refractivity contribution is 0.399. The molecule has 23 heavy (non-hydrogen) atoms. The molecule has 0 spiro atoms. The van der Waals surface area contributed by atoms with Crippen molar-refractivity contribution in [1.29, 1.82) is 5.26 Å². The van der Waals surface area contributed by atoms with Gasteiger partial charge in [0.25, 0.3) is 0 Å². The van der Waals surface area contributed by atoms with E-state index in [-0.39, 0.29) is 0 Å². The lowest BCUT2D eigenvalue weighted by Crippen LogP contribution is -1.88. The number of rotatable bonds is 2. The van der Waals surface area contributed by atoms with Crippen molar-refractivity contribution in [3.05, 3.63) is 77.0 Å². The van der Waals surface area contributed by atoms with Gasteiger partial charge in [-0.05, 0) is 18.6 Å². The predicted octanol–water partition coefficient (Wildman–Crippen LogP) is 4.12. The molecule has 3 aromatic rings. The molecule has 3 rings (SSSR count). The van der Waals surface area contributed by atoms with Crippen molar-refractivity contribution in [3.8, 4) is 29.2 Å². The Balaban J connectivity index is 2.04. The SMILES string of the molecule is Cc1onc(-c2ccccc2)c1C#Cc1ccccc1CC#N. The number of nitrogens with zero attached hydrogens (tertiary/aromatic N) is 2. The smallest absolute Gasteiger partial charge is 0.149 e. The zero-order chi connectivity index (χ0) is 16.1. The van der Waals surface area contributed by atoms with E-state index in [2.05, 4.69) is 23.1 Å². The Hall–Kier alpha value is -3.30. The summed E-state index contributed by atoms with van der Waals surface area (Å²) in [4.78, 5) is 0. The highest BCUT2D eigenvalue weighted by Crippen LogP contribution is 2.24. The molecule has 110 valence electrons. The highest BCUT2D eigenvalue weighted by molar-refractivity contribution is 5.68. The topological polar surface area (TPSA) is 49.8 Å². The minimum absolute atomic E-state index is 0.346. The third-order valence-electron chi connectivity index (χ3n) is 3.52. The maximum absolute atomic E-state index is 8.91. The van der Waals surface area contributed by atoms with Crippen LogP contribution in [0.5, 0.6) is 0 Å². The number of benzene rings is 2. The third-order valence-corrected chi connectivity index (χ3v) is 3.52. The fourth-order valence-corrected chi connectivity index (χ4v) is 2.32. The molecule has 3 heteroatoms. The molecule has 0 N–H and O–H groups in total. The predicted molar refractivity (Wildman–Crippen MR) is 88.4 cm³/mol. The van der Waals surface area contributed by atoms with Crippen LogP contribution in [0.1, 0.15) is 22.5 Å². The maximum Gasteiger partial charge on any atom is 0.149 e. The van der Waals surface area contributed by atoms with Gasteiger partial charge in [-0.15, -0.1) is 0 Å². The number of aromatic nitrogens is 1. The summed E-state index contributed by atoms with van der Waals surface area (Å²) in [6.45, 7) is 1.85. The first kappa shape index (κ1) is 14.6. The van der Waals surface area contributed by atoms with Gasteiger partial charge in [0.2, 0.25) is 0 Å². The summed E-state index contributed by atoms with van der Waals surface area (Å²) >= 11 is 0. The van der Waals surface area contributed by atoms with Crippen LogP contribution in [-0.2, 0) is 6.42 Å². The molecule has 0 fully saturated rings. The van der Waals surface area contributed by atoms with Crippen LogP contribution >= 0.6 is 0 Å². The Kier molecular flexibility index (Phi) is 4.22. The van der Waals surface area contributed by atoms with Gasteiger partial charge in [-0.1, -0.05) is 65.5 Å². The van der Waals surface area contributed by atoms with Gasteiger partial charge in [0.1, 0.15) is 11.5 Å². The Labute approximate surface area is 135 Å². The molecule has 0 amide bonds. The molecule has 0 atom stereocenters. The summed E-state index contributed by atoms with van der Waals surface area (Å²) in [6, 6.07) is 19.7. The second-order valence-electron chi connectivity index (χ2n) is 5.07. The van der Waals surface area contributed by atoms with Crippen LogP contribution in [0.2, 0.25) is 0 Å². The zero-order valence-corrected chi connectivity index (χ0v) is 12.7. The highest BCUT2D eigenvalue weighted by atomic mass is 16.5. The quantitative estimate of drug-likeness (QED) is 0.669. The van der Waals surface area contributed by atoms with E-state index in [1.165, 1.54) is 0 Å². The fourth-order valence-electron chi connectivity index (χ4n) is 2.32. The van der Waals surface area contributed by atoms with Crippen molar-refractivity contribution in [2.24, 2.45) is 0 Å². The van der Waals surface area contributed by atoms with E-state index in [0.29, 0.717) is 12.2 Å². The van der Waals surface area contributed by atoms with Crippen LogP contribution in [0.4, 0.5) is 0 Å². The molecule has 1 heterocycles. The molecular formula is C20H14N2O. The summed E-state index contributed by atoms with van der Waals surface area (Å²) < 4.78 is 5.31. The average Bonchev–Trinajstić information content (AvgIpc) is 2.96. The van der Waals surface area contributed by atoms with Gasteiger partial charge in [-0.25, -0.2) is 0 Å². The second kappa shape index (κ2) is 6.64. The van der Waals surface area contributed by atoms with Gasteiger partial charge < -0.3 is 4.52 Å². The Morgan fingerprint density at radius 1 is 1.00 bits per heavy atom. The molecular weight excluding hydrogens is 284 g/mol. The summed E-state index contributed by atoms with van der Waals surface area (Å²) in [5.74, 6) is 7.00. The van der Waals surface area contributed by atoms with Crippen LogP contribution in [0, 0.1) is 30.1 Å². The molecule has 3 nitrogen and oxygen atoms in total. The average molecular weight is 298 g/mol. The van der Waals surface area contributed by atoms with Crippen LogP contribution < -0.4 is 0 Å². The molecule has 1 aromatic heterocycles. The van der Waals surface area contributed by atoms with E-state index in [1.807, 2.05) is 61.5 Å². The van der Waals surface area contributed by atoms with Crippen molar-refractivity contribution in [1.82, 2.24) is 5.16 Å². The van der Waals surface area contributed by atoms with Gasteiger partial charge in [-0.3, -0.25) is 0 Å². The maximum atomic E-state index is 8.91. The summed E-state index contributed by atoms with van der Waals surface area (Å²) in [6.07, 6.45) is 0.346. The molecule has 0 bridgehead atoms. The normalized spacial score (nSPS) is 9.74. The second-order valence-corrected chi connectivity index (χ2v) is 5.07. The molecule has 0 aliphatic carbocycles. The standard InChI is InChI=1S/C20H14N2O/c1-15-19(20(22-23-15)18-9-3-2-4-10-18)12-11-16-7-5-6-8-17(16)13-14-21/h2-10H,13H2,1H3. The van der Waals surface area contributed by atoms with Crippen molar-refractivity contribution in [3.63, 3.8) is 0 Å². The molecule has 0 unspecified atom stereocenters. The number of aryl methyl sites for hydroxylation is 1. The summed E-state index contributed by atoms with van der Waals surface area (Å²) in [5.41, 5.74) is 4.28. The lowest BCUT2D eigenvalue weighted by atomic mass is 10.0. The highest BCUT2D eigenvalue weighted by Gasteiger charge is 2.12. The van der Waals surface area contributed by atoms with Crippen LogP contribution in [0.15, 0.2) is 59.1 Å². The molecule has 2 aromatic carbocycles.